The highest BCUT2D eigenvalue weighted by Crippen LogP contribution is 2.43. The molecule has 1 aliphatic carbocycles. The van der Waals surface area contributed by atoms with Gasteiger partial charge in [0.05, 0.1) is 11.7 Å². The largest absolute Gasteiger partial charge is 0.488 e. The number of benzene rings is 1. The summed E-state index contributed by atoms with van der Waals surface area (Å²) < 4.78 is 25.0. The van der Waals surface area contributed by atoms with Gasteiger partial charge in [-0.05, 0) is 37.8 Å². The first-order valence-corrected chi connectivity index (χ1v) is 6.83. The van der Waals surface area contributed by atoms with Crippen LogP contribution < -0.4 is 4.74 Å². The quantitative estimate of drug-likeness (QED) is 0.814. The smallest absolute Gasteiger partial charge is 0.165 e. The van der Waals surface area contributed by atoms with Crippen molar-refractivity contribution in [1.29, 1.82) is 0 Å². The summed E-state index contributed by atoms with van der Waals surface area (Å²) in [4.78, 5) is 0. The van der Waals surface area contributed by atoms with Crippen LogP contribution in [0, 0.1) is 5.82 Å². The van der Waals surface area contributed by atoms with Gasteiger partial charge < -0.3 is 9.47 Å². The number of para-hydroxylation sites is 1. The van der Waals surface area contributed by atoms with Gasteiger partial charge in [0.1, 0.15) is 6.61 Å². The van der Waals surface area contributed by atoms with Crippen LogP contribution >= 0.6 is 0 Å². The molecular formula is C15H19FO2. The predicted molar refractivity (Wildman–Crippen MR) is 67.2 cm³/mol. The Balaban J connectivity index is 1.54. The summed E-state index contributed by atoms with van der Waals surface area (Å²) in [5.74, 6) is 0.0274. The van der Waals surface area contributed by atoms with Crippen LogP contribution in [0.1, 0.15) is 38.5 Å². The zero-order valence-electron chi connectivity index (χ0n) is 10.5. The van der Waals surface area contributed by atoms with Crippen molar-refractivity contribution in [2.24, 2.45) is 0 Å². The minimum absolute atomic E-state index is 0.128. The maximum absolute atomic E-state index is 13.4. The molecule has 0 radical (unpaired) electrons. The van der Waals surface area contributed by atoms with Crippen LogP contribution in [-0.2, 0) is 4.74 Å². The topological polar surface area (TPSA) is 18.5 Å². The van der Waals surface area contributed by atoms with Crippen LogP contribution in [0.2, 0.25) is 0 Å². The number of rotatable bonds is 3. The average molecular weight is 250 g/mol. The number of ether oxygens (including phenoxy) is 2. The van der Waals surface area contributed by atoms with E-state index in [4.69, 9.17) is 9.47 Å². The molecule has 1 heterocycles. The molecule has 0 bridgehead atoms. The van der Waals surface area contributed by atoms with Crippen LogP contribution in [-0.4, -0.2) is 18.3 Å². The van der Waals surface area contributed by atoms with Gasteiger partial charge in [0.2, 0.25) is 0 Å². The second-order valence-electron chi connectivity index (χ2n) is 5.41. The Labute approximate surface area is 107 Å². The molecule has 1 saturated heterocycles. The van der Waals surface area contributed by atoms with Crippen LogP contribution in [0.25, 0.3) is 0 Å². The Hall–Kier alpha value is -1.09. The molecule has 1 spiro atoms. The molecule has 1 unspecified atom stereocenters. The molecule has 2 nitrogen and oxygen atoms in total. The van der Waals surface area contributed by atoms with Crippen molar-refractivity contribution in [3.63, 3.8) is 0 Å². The number of halogens is 1. The summed E-state index contributed by atoms with van der Waals surface area (Å²) in [5, 5.41) is 0. The molecule has 18 heavy (non-hydrogen) atoms. The van der Waals surface area contributed by atoms with Gasteiger partial charge in [-0.2, -0.15) is 0 Å². The van der Waals surface area contributed by atoms with Gasteiger partial charge in [-0.25, -0.2) is 4.39 Å². The van der Waals surface area contributed by atoms with E-state index in [9.17, 15) is 4.39 Å². The third-order valence-corrected chi connectivity index (χ3v) is 4.11. The molecule has 98 valence electrons. The molecule has 0 amide bonds. The monoisotopic (exact) mass is 250 g/mol. The maximum Gasteiger partial charge on any atom is 0.165 e. The van der Waals surface area contributed by atoms with Gasteiger partial charge in [0.25, 0.3) is 0 Å². The summed E-state index contributed by atoms with van der Waals surface area (Å²) >= 11 is 0. The molecule has 1 saturated carbocycles. The molecular weight excluding hydrogens is 231 g/mol. The fourth-order valence-electron chi connectivity index (χ4n) is 3.14. The lowest BCUT2D eigenvalue weighted by Gasteiger charge is -2.23. The lowest BCUT2D eigenvalue weighted by Crippen LogP contribution is -2.27. The third-order valence-electron chi connectivity index (χ3n) is 4.11. The molecule has 3 heteroatoms. The zero-order valence-corrected chi connectivity index (χ0v) is 10.5. The molecule has 2 aliphatic rings. The standard InChI is InChI=1S/C15H19FO2/c16-13-5-1-2-6-14(13)17-11-12-7-10-15(18-12)8-3-4-9-15/h1-2,5-6,12H,3-4,7-11H2. The molecule has 3 rings (SSSR count). The average Bonchev–Trinajstić information content (AvgIpc) is 3.00. The van der Waals surface area contributed by atoms with Crippen molar-refractivity contribution in [3.05, 3.63) is 30.1 Å². The molecule has 0 N–H and O–H groups in total. The molecule has 1 aromatic carbocycles. The Morgan fingerprint density at radius 1 is 1.22 bits per heavy atom. The summed E-state index contributed by atoms with van der Waals surface area (Å²) in [6, 6.07) is 6.53. The fraction of sp³-hybridized carbons (Fsp3) is 0.600. The van der Waals surface area contributed by atoms with E-state index in [1.165, 1.54) is 31.7 Å². The fourth-order valence-corrected chi connectivity index (χ4v) is 3.14. The summed E-state index contributed by atoms with van der Waals surface area (Å²) in [6.07, 6.45) is 7.23. The second kappa shape index (κ2) is 4.88. The highest BCUT2D eigenvalue weighted by molar-refractivity contribution is 5.23. The normalized spacial score (nSPS) is 25.7. The lowest BCUT2D eigenvalue weighted by molar-refractivity contribution is -0.0512. The van der Waals surface area contributed by atoms with Crippen LogP contribution in [0.15, 0.2) is 24.3 Å². The van der Waals surface area contributed by atoms with Crippen molar-refractivity contribution in [2.75, 3.05) is 6.61 Å². The van der Waals surface area contributed by atoms with Crippen molar-refractivity contribution in [1.82, 2.24) is 0 Å². The predicted octanol–water partition coefficient (Wildman–Crippen LogP) is 3.70. The van der Waals surface area contributed by atoms with Gasteiger partial charge in [-0.15, -0.1) is 0 Å². The zero-order chi connectivity index (χ0) is 12.4. The summed E-state index contributed by atoms with van der Waals surface area (Å²) in [6.45, 7) is 0.461. The number of hydrogen-bond acceptors (Lipinski definition) is 2. The van der Waals surface area contributed by atoms with Gasteiger partial charge >= 0.3 is 0 Å². The van der Waals surface area contributed by atoms with Crippen LogP contribution in [0.5, 0.6) is 5.75 Å². The first-order chi connectivity index (χ1) is 8.77. The molecule has 2 fully saturated rings. The minimum Gasteiger partial charge on any atom is -0.488 e. The van der Waals surface area contributed by atoms with Crippen LogP contribution in [0.4, 0.5) is 4.39 Å². The molecule has 1 aliphatic heterocycles. The summed E-state index contributed by atoms with van der Waals surface area (Å²) in [7, 11) is 0. The Morgan fingerprint density at radius 2 is 2.00 bits per heavy atom. The Kier molecular flexibility index (Phi) is 3.25. The lowest BCUT2D eigenvalue weighted by atomic mass is 9.98. The number of hydrogen-bond donors (Lipinski definition) is 0. The first kappa shape index (κ1) is 12.0. The van der Waals surface area contributed by atoms with E-state index >= 15 is 0 Å². The van der Waals surface area contributed by atoms with E-state index in [2.05, 4.69) is 0 Å². The van der Waals surface area contributed by atoms with Crippen molar-refractivity contribution < 1.29 is 13.9 Å². The second-order valence-corrected chi connectivity index (χ2v) is 5.41. The highest BCUT2D eigenvalue weighted by Gasteiger charge is 2.42. The van der Waals surface area contributed by atoms with Crippen molar-refractivity contribution in [3.8, 4) is 5.75 Å². The molecule has 0 aromatic heterocycles. The Bertz CT molecular complexity index is 413. The van der Waals surface area contributed by atoms with E-state index < -0.39 is 0 Å². The minimum atomic E-state index is -0.300. The summed E-state index contributed by atoms with van der Waals surface area (Å²) in [5.41, 5.74) is 0.128. The van der Waals surface area contributed by atoms with E-state index in [-0.39, 0.29) is 17.5 Å². The van der Waals surface area contributed by atoms with Gasteiger partial charge in [-0.3, -0.25) is 0 Å². The van der Waals surface area contributed by atoms with Crippen molar-refractivity contribution in [2.45, 2.75) is 50.2 Å². The van der Waals surface area contributed by atoms with Gasteiger partial charge in [0.15, 0.2) is 11.6 Å². The maximum atomic E-state index is 13.4. The Morgan fingerprint density at radius 3 is 2.78 bits per heavy atom. The highest BCUT2D eigenvalue weighted by atomic mass is 19.1. The van der Waals surface area contributed by atoms with E-state index in [1.807, 2.05) is 0 Å². The van der Waals surface area contributed by atoms with E-state index in [1.54, 1.807) is 18.2 Å². The SMILES string of the molecule is Fc1ccccc1OCC1CCC2(CCCC2)O1. The third kappa shape index (κ3) is 2.37. The van der Waals surface area contributed by atoms with E-state index in [0.29, 0.717) is 12.4 Å². The molecule has 1 aromatic rings. The first-order valence-electron chi connectivity index (χ1n) is 6.83. The molecule has 1 atom stereocenters. The van der Waals surface area contributed by atoms with Crippen molar-refractivity contribution >= 4 is 0 Å². The van der Waals surface area contributed by atoms with Crippen LogP contribution in [0.3, 0.4) is 0 Å². The van der Waals surface area contributed by atoms with Gasteiger partial charge in [0, 0.05) is 0 Å². The van der Waals surface area contributed by atoms with E-state index in [0.717, 1.165) is 12.8 Å². The van der Waals surface area contributed by atoms with Gasteiger partial charge in [-0.1, -0.05) is 25.0 Å².